The number of carboxylic acids is 1. The lowest BCUT2D eigenvalue weighted by atomic mass is 10.0. The summed E-state index contributed by atoms with van der Waals surface area (Å²) in [6.07, 6.45) is 1.78. The predicted molar refractivity (Wildman–Crippen MR) is 96.2 cm³/mol. The molecule has 1 aromatic heterocycles. The summed E-state index contributed by atoms with van der Waals surface area (Å²) in [7, 11) is 0. The lowest BCUT2D eigenvalue weighted by Crippen LogP contribution is -2.19. The summed E-state index contributed by atoms with van der Waals surface area (Å²) in [5.41, 5.74) is 2.02. The molecular formula is C20H16N2O4. The molecule has 0 radical (unpaired) electrons. The molecule has 0 saturated carbocycles. The van der Waals surface area contributed by atoms with Crippen molar-refractivity contribution in [1.82, 2.24) is 4.57 Å². The van der Waals surface area contributed by atoms with Crippen LogP contribution in [0.25, 0.3) is 10.9 Å². The van der Waals surface area contributed by atoms with Gasteiger partial charge in [0.05, 0.1) is 23.8 Å². The molecule has 0 unspecified atom stereocenters. The Morgan fingerprint density at radius 3 is 2.62 bits per heavy atom. The molecule has 2 N–H and O–H groups in total. The highest BCUT2D eigenvalue weighted by molar-refractivity contribution is 5.92. The number of pyridine rings is 1. The standard InChI is InChI=1S/C20H16N2O4/c21-11-15-3-1-2-13(9-15)8-14-4-5-18-16(10-14)19(24)17(20(25)26)12-22(18)6-7-23/h1-5,9-10,12,23H,6-8H2,(H,25,26). The third kappa shape index (κ3) is 3.34. The van der Waals surface area contributed by atoms with E-state index in [-0.39, 0.29) is 18.7 Å². The Morgan fingerprint density at radius 1 is 1.15 bits per heavy atom. The molecule has 3 aromatic rings. The maximum absolute atomic E-state index is 12.5. The molecule has 0 bridgehead atoms. The zero-order valence-electron chi connectivity index (χ0n) is 13.8. The Kier molecular flexibility index (Phi) is 4.83. The number of aliphatic hydroxyl groups excluding tert-OH is 1. The van der Waals surface area contributed by atoms with Gasteiger partial charge in [0.15, 0.2) is 0 Å². The first kappa shape index (κ1) is 17.4. The molecule has 0 atom stereocenters. The first-order valence-electron chi connectivity index (χ1n) is 8.02. The van der Waals surface area contributed by atoms with Crippen molar-refractivity contribution in [3.05, 3.63) is 81.1 Å². The van der Waals surface area contributed by atoms with E-state index in [9.17, 15) is 19.8 Å². The van der Waals surface area contributed by atoms with E-state index in [4.69, 9.17) is 5.26 Å². The minimum Gasteiger partial charge on any atom is -0.477 e. The van der Waals surface area contributed by atoms with Crippen LogP contribution in [0, 0.1) is 11.3 Å². The Hall–Kier alpha value is -3.43. The van der Waals surface area contributed by atoms with Gasteiger partial charge in [-0.2, -0.15) is 5.26 Å². The fourth-order valence-corrected chi connectivity index (χ4v) is 2.99. The second-order valence-corrected chi connectivity index (χ2v) is 5.93. The smallest absolute Gasteiger partial charge is 0.341 e. The molecule has 3 rings (SSSR count). The number of carboxylic acid groups (broad SMARTS) is 1. The van der Waals surface area contributed by atoms with Crippen molar-refractivity contribution < 1.29 is 15.0 Å². The number of carbonyl (C=O) groups is 1. The zero-order valence-corrected chi connectivity index (χ0v) is 13.8. The summed E-state index contributed by atoms with van der Waals surface area (Å²) >= 11 is 0. The number of nitrogens with zero attached hydrogens (tertiary/aromatic N) is 2. The second kappa shape index (κ2) is 7.21. The highest BCUT2D eigenvalue weighted by Crippen LogP contribution is 2.18. The topological polar surface area (TPSA) is 103 Å². The van der Waals surface area contributed by atoms with Gasteiger partial charge in [0, 0.05) is 18.1 Å². The second-order valence-electron chi connectivity index (χ2n) is 5.93. The first-order chi connectivity index (χ1) is 12.5. The van der Waals surface area contributed by atoms with E-state index < -0.39 is 11.4 Å². The minimum absolute atomic E-state index is 0.167. The Balaban J connectivity index is 2.12. The van der Waals surface area contributed by atoms with Crippen LogP contribution < -0.4 is 5.43 Å². The van der Waals surface area contributed by atoms with Crippen molar-refractivity contribution in [1.29, 1.82) is 5.26 Å². The van der Waals surface area contributed by atoms with E-state index in [2.05, 4.69) is 6.07 Å². The molecule has 0 fully saturated rings. The largest absolute Gasteiger partial charge is 0.477 e. The van der Waals surface area contributed by atoms with Crippen LogP contribution in [0.3, 0.4) is 0 Å². The molecule has 130 valence electrons. The van der Waals surface area contributed by atoms with Gasteiger partial charge in [-0.3, -0.25) is 4.79 Å². The van der Waals surface area contributed by atoms with Gasteiger partial charge in [0.2, 0.25) is 5.43 Å². The van der Waals surface area contributed by atoms with Crippen molar-refractivity contribution in [2.75, 3.05) is 6.61 Å². The number of benzene rings is 2. The van der Waals surface area contributed by atoms with E-state index in [1.54, 1.807) is 34.9 Å². The third-order valence-corrected chi connectivity index (χ3v) is 4.18. The molecule has 6 nitrogen and oxygen atoms in total. The Labute approximate surface area is 149 Å². The Morgan fingerprint density at radius 2 is 1.92 bits per heavy atom. The molecule has 0 spiro atoms. The van der Waals surface area contributed by atoms with Gasteiger partial charge < -0.3 is 14.8 Å². The number of nitriles is 1. The molecule has 6 heteroatoms. The molecule has 0 amide bonds. The number of hydrogen-bond acceptors (Lipinski definition) is 4. The molecule has 0 aliphatic carbocycles. The molecule has 2 aromatic carbocycles. The maximum Gasteiger partial charge on any atom is 0.341 e. The SMILES string of the molecule is N#Cc1cccc(Cc2ccc3c(c2)c(=O)c(C(=O)O)cn3CCO)c1. The number of rotatable bonds is 5. The van der Waals surface area contributed by atoms with E-state index in [0.29, 0.717) is 22.9 Å². The lowest BCUT2D eigenvalue weighted by Gasteiger charge is -2.12. The molecular weight excluding hydrogens is 332 g/mol. The van der Waals surface area contributed by atoms with Gasteiger partial charge >= 0.3 is 5.97 Å². The van der Waals surface area contributed by atoms with E-state index >= 15 is 0 Å². The summed E-state index contributed by atoms with van der Waals surface area (Å²) in [6, 6.07) is 14.6. The zero-order chi connectivity index (χ0) is 18.7. The first-order valence-corrected chi connectivity index (χ1v) is 8.02. The number of hydrogen-bond donors (Lipinski definition) is 2. The van der Waals surface area contributed by atoms with Crippen LogP contribution in [0.2, 0.25) is 0 Å². The van der Waals surface area contributed by atoms with Crippen LogP contribution in [-0.2, 0) is 13.0 Å². The average molecular weight is 348 g/mol. The van der Waals surface area contributed by atoms with Gasteiger partial charge in [-0.1, -0.05) is 18.2 Å². The van der Waals surface area contributed by atoms with Gasteiger partial charge in [-0.05, 0) is 41.8 Å². The highest BCUT2D eigenvalue weighted by Gasteiger charge is 2.15. The van der Waals surface area contributed by atoms with Crippen molar-refractivity contribution >= 4 is 16.9 Å². The number of aromatic carboxylic acids is 1. The van der Waals surface area contributed by atoms with E-state index in [1.807, 2.05) is 12.1 Å². The summed E-state index contributed by atoms with van der Waals surface area (Å²) in [4.78, 5) is 23.9. The van der Waals surface area contributed by atoms with Gasteiger partial charge in [0.25, 0.3) is 0 Å². The van der Waals surface area contributed by atoms with Crippen molar-refractivity contribution in [3.8, 4) is 6.07 Å². The van der Waals surface area contributed by atoms with Gasteiger partial charge in [-0.15, -0.1) is 0 Å². The maximum atomic E-state index is 12.5. The third-order valence-electron chi connectivity index (χ3n) is 4.18. The van der Waals surface area contributed by atoms with E-state index in [0.717, 1.165) is 11.1 Å². The van der Waals surface area contributed by atoms with Crippen molar-refractivity contribution in [2.24, 2.45) is 0 Å². The fourth-order valence-electron chi connectivity index (χ4n) is 2.99. The fraction of sp³-hybridized carbons (Fsp3) is 0.150. The summed E-state index contributed by atoms with van der Waals surface area (Å²) < 4.78 is 1.57. The van der Waals surface area contributed by atoms with Crippen LogP contribution in [0.15, 0.2) is 53.5 Å². The van der Waals surface area contributed by atoms with Crippen LogP contribution in [-0.4, -0.2) is 27.4 Å². The van der Waals surface area contributed by atoms with Crippen molar-refractivity contribution in [2.45, 2.75) is 13.0 Å². The summed E-state index contributed by atoms with van der Waals surface area (Å²) in [5, 5.41) is 27.8. The number of fused-ring (bicyclic) bond motifs is 1. The monoisotopic (exact) mass is 348 g/mol. The normalized spacial score (nSPS) is 10.6. The van der Waals surface area contributed by atoms with Crippen LogP contribution in [0.4, 0.5) is 0 Å². The molecule has 0 aliphatic rings. The highest BCUT2D eigenvalue weighted by atomic mass is 16.4. The quantitative estimate of drug-likeness (QED) is 0.735. The van der Waals surface area contributed by atoms with Gasteiger partial charge in [0.1, 0.15) is 5.56 Å². The minimum atomic E-state index is -1.30. The predicted octanol–water partition coefficient (Wildman–Crippen LogP) is 2.15. The molecule has 1 heterocycles. The molecule has 0 saturated heterocycles. The Bertz CT molecular complexity index is 1090. The van der Waals surface area contributed by atoms with Gasteiger partial charge in [-0.25, -0.2) is 4.79 Å². The number of aromatic nitrogens is 1. The summed E-state index contributed by atoms with van der Waals surface area (Å²) in [5.74, 6) is -1.30. The average Bonchev–Trinajstić information content (AvgIpc) is 2.64. The van der Waals surface area contributed by atoms with E-state index in [1.165, 1.54) is 6.20 Å². The van der Waals surface area contributed by atoms with Crippen LogP contribution >= 0.6 is 0 Å². The van der Waals surface area contributed by atoms with Crippen molar-refractivity contribution in [3.63, 3.8) is 0 Å². The summed E-state index contributed by atoms with van der Waals surface area (Å²) in [6.45, 7) is 0.0281. The molecule has 26 heavy (non-hydrogen) atoms. The number of aliphatic hydroxyl groups is 1. The lowest BCUT2D eigenvalue weighted by molar-refractivity contribution is 0.0694. The van der Waals surface area contributed by atoms with Crippen LogP contribution in [0.5, 0.6) is 0 Å². The molecule has 0 aliphatic heterocycles. The van der Waals surface area contributed by atoms with Crippen LogP contribution in [0.1, 0.15) is 27.0 Å².